The van der Waals surface area contributed by atoms with Crippen LogP contribution in [0.25, 0.3) is 0 Å². The van der Waals surface area contributed by atoms with Gasteiger partial charge in [0.15, 0.2) is 0 Å². The number of rotatable bonds is 7. The van der Waals surface area contributed by atoms with Crippen LogP contribution < -0.4 is 0 Å². The quantitative estimate of drug-likeness (QED) is 0.677. The van der Waals surface area contributed by atoms with Crippen molar-refractivity contribution in [2.75, 3.05) is 20.6 Å². The van der Waals surface area contributed by atoms with Crippen molar-refractivity contribution in [3.05, 3.63) is 0 Å². The van der Waals surface area contributed by atoms with E-state index in [1.165, 1.54) is 32.1 Å². The van der Waals surface area contributed by atoms with Crippen molar-refractivity contribution in [3.8, 4) is 0 Å². The van der Waals surface area contributed by atoms with Crippen molar-refractivity contribution < 1.29 is 4.79 Å². The van der Waals surface area contributed by atoms with Crippen molar-refractivity contribution in [1.29, 1.82) is 0 Å². The molecule has 0 aliphatic heterocycles. The number of nitrogens with zero attached hydrogens (tertiary/aromatic N) is 1. The van der Waals surface area contributed by atoms with Gasteiger partial charge in [-0.15, -0.1) is 0 Å². The first-order valence-electron chi connectivity index (χ1n) is 7.31. The molecule has 2 nitrogen and oxygen atoms in total. The normalized spacial score (nSPS) is 25.2. The van der Waals surface area contributed by atoms with Crippen LogP contribution in [-0.2, 0) is 4.79 Å². The third-order valence-electron chi connectivity index (χ3n) is 4.07. The third kappa shape index (κ3) is 5.67. The van der Waals surface area contributed by atoms with E-state index in [1.807, 2.05) is 14.1 Å². The highest BCUT2D eigenvalue weighted by Gasteiger charge is 2.25. The maximum absolute atomic E-state index is 12.0. The molecule has 100 valence electrons. The molecule has 1 fully saturated rings. The average Bonchev–Trinajstić information content (AvgIpc) is 2.34. The summed E-state index contributed by atoms with van der Waals surface area (Å²) in [4.78, 5) is 14.1. The SMILES string of the molecule is CCCCC1CCC(C(=O)CCN(C)C)CC1. The predicted molar refractivity (Wildman–Crippen MR) is 73.2 cm³/mol. The highest BCUT2D eigenvalue weighted by atomic mass is 16.1. The second-order valence-corrected chi connectivity index (χ2v) is 5.88. The van der Waals surface area contributed by atoms with Crippen LogP contribution in [0.3, 0.4) is 0 Å². The zero-order valence-corrected chi connectivity index (χ0v) is 11.9. The largest absolute Gasteiger partial charge is 0.309 e. The minimum atomic E-state index is 0.382. The predicted octanol–water partition coefficient (Wildman–Crippen LogP) is 3.50. The van der Waals surface area contributed by atoms with E-state index < -0.39 is 0 Å². The molecule has 0 spiro atoms. The van der Waals surface area contributed by atoms with E-state index in [4.69, 9.17) is 0 Å². The summed E-state index contributed by atoms with van der Waals surface area (Å²) >= 11 is 0. The smallest absolute Gasteiger partial charge is 0.137 e. The van der Waals surface area contributed by atoms with Gasteiger partial charge in [0.05, 0.1) is 0 Å². The molecule has 1 saturated carbocycles. The van der Waals surface area contributed by atoms with Crippen LogP contribution >= 0.6 is 0 Å². The fourth-order valence-electron chi connectivity index (χ4n) is 2.80. The van der Waals surface area contributed by atoms with Gasteiger partial charge in [-0.05, 0) is 45.7 Å². The van der Waals surface area contributed by atoms with Gasteiger partial charge in [0.2, 0.25) is 0 Å². The minimum absolute atomic E-state index is 0.382. The summed E-state index contributed by atoms with van der Waals surface area (Å²) in [5, 5.41) is 0. The zero-order valence-electron chi connectivity index (χ0n) is 11.9. The standard InChI is InChI=1S/C15H29NO/c1-4-5-6-13-7-9-14(10-8-13)15(17)11-12-16(2)3/h13-14H,4-12H2,1-3H3. The molecule has 1 aliphatic rings. The Kier molecular flexibility index (Phi) is 6.79. The maximum atomic E-state index is 12.0. The molecule has 0 unspecified atom stereocenters. The van der Waals surface area contributed by atoms with E-state index >= 15 is 0 Å². The molecule has 0 heterocycles. The molecule has 0 aromatic rings. The second kappa shape index (κ2) is 7.86. The zero-order chi connectivity index (χ0) is 12.7. The summed E-state index contributed by atoms with van der Waals surface area (Å²) in [6.45, 7) is 3.17. The Balaban J connectivity index is 2.19. The Morgan fingerprint density at radius 1 is 1.18 bits per heavy atom. The van der Waals surface area contributed by atoms with Crippen molar-refractivity contribution in [1.82, 2.24) is 4.90 Å². The van der Waals surface area contributed by atoms with E-state index in [0.717, 1.165) is 31.7 Å². The van der Waals surface area contributed by atoms with Crippen LogP contribution in [0.5, 0.6) is 0 Å². The van der Waals surface area contributed by atoms with Gasteiger partial charge in [-0.1, -0.05) is 26.2 Å². The Morgan fingerprint density at radius 2 is 1.82 bits per heavy atom. The van der Waals surface area contributed by atoms with Gasteiger partial charge < -0.3 is 4.90 Å². The van der Waals surface area contributed by atoms with Gasteiger partial charge in [0, 0.05) is 18.9 Å². The number of carbonyl (C=O) groups is 1. The highest BCUT2D eigenvalue weighted by molar-refractivity contribution is 5.81. The molecule has 0 aromatic heterocycles. The number of hydrogen-bond donors (Lipinski definition) is 0. The molecule has 0 aromatic carbocycles. The molecular formula is C15H29NO. The molecule has 0 bridgehead atoms. The fourth-order valence-corrected chi connectivity index (χ4v) is 2.80. The van der Waals surface area contributed by atoms with Gasteiger partial charge in [-0.25, -0.2) is 0 Å². The molecular weight excluding hydrogens is 210 g/mol. The van der Waals surface area contributed by atoms with E-state index in [9.17, 15) is 4.79 Å². The number of ketones is 1. The topological polar surface area (TPSA) is 20.3 Å². The van der Waals surface area contributed by atoms with Crippen molar-refractivity contribution in [3.63, 3.8) is 0 Å². The summed E-state index contributed by atoms with van der Waals surface area (Å²) in [7, 11) is 4.07. The summed E-state index contributed by atoms with van der Waals surface area (Å²) in [6, 6.07) is 0. The summed E-state index contributed by atoms with van der Waals surface area (Å²) < 4.78 is 0. The monoisotopic (exact) mass is 239 g/mol. The van der Waals surface area contributed by atoms with E-state index in [-0.39, 0.29) is 0 Å². The van der Waals surface area contributed by atoms with Crippen LogP contribution in [0.4, 0.5) is 0 Å². The molecule has 0 saturated heterocycles. The third-order valence-corrected chi connectivity index (χ3v) is 4.07. The molecule has 2 heteroatoms. The van der Waals surface area contributed by atoms with Gasteiger partial charge in [-0.2, -0.15) is 0 Å². The van der Waals surface area contributed by atoms with E-state index in [2.05, 4.69) is 11.8 Å². The highest BCUT2D eigenvalue weighted by Crippen LogP contribution is 2.32. The first-order valence-corrected chi connectivity index (χ1v) is 7.31. The lowest BCUT2D eigenvalue weighted by Gasteiger charge is -2.27. The van der Waals surface area contributed by atoms with Crippen molar-refractivity contribution >= 4 is 5.78 Å². The van der Waals surface area contributed by atoms with Crippen molar-refractivity contribution in [2.24, 2.45) is 11.8 Å². The lowest BCUT2D eigenvalue weighted by atomic mass is 9.77. The summed E-state index contributed by atoms with van der Waals surface area (Å²) in [5.41, 5.74) is 0. The molecule has 0 N–H and O–H groups in total. The van der Waals surface area contributed by atoms with Gasteiger partial charge in [-0.3, -0.25) is 4.79 Å². The molecule has 0 radical (unpaired) electrons. The number of Topliss-reactive ketones (excluding diaryl/α,β-unsaturated/α-hetero) is 1. The molecule has 0 amide bonds. The Labute approximate surface area is 107 Å². The van der Waals surface area contributed by atoms with Gasteiger partial charge in [0.1, 0.15) is 5.78 Å². The van der Waals surface area contributed by atoms with Crippen LogP contribution in [0, 0.1) is 11.8 Å². The second-order valence-electron chi connectivity index (χ2n) is 5.88. The fraction of sp³-hybridized carbons (Fsp3) is 0.933. The molecule has 1 aliphatic carbocycles. The van der Waals surface area contributed by atoms with Gasteiger partial charge in [0.25, 0.3) is 0 Å². The number of hydrogen-bond acceptors (Lipinski definition) is 2. The van der Waals surface area contributed by atoms with Crippen LogP contribution in [-0.4, -0.2) is 31.3 Å². The van der Waals surface area contributed by atoms with E-state index in [1.54, 1.807) is 0 Å². The van der Waals surface area contributed by atoms with Crippen LogP contribution in [0.2, 0.25) is 0 Å². The van der Waals surface area contributed by atoms with Crippen LogP contribution in [0.1, 0.15) is 58.3 Å². The van der Waals surface area contributed by atoms with E-state index in [0.29, 0.717) is 11.7 Å². The maximum Gasteiger partial charge on any atom is 0.137 e. The lowest BCUT2D eigenvalue weighted by molar-refractivity contribution is -0.124. The first-order chi connectivity index (χ1) is 8.13. The summed E-state index contributed by atoms with van der Waals surface area (Å²) in [6.07, 6.45) is 9.69. The van der Waals surface area contributed by atoms with Crippen molar-refractivity contribution in [2.45, 2.75) is 58.3 Å². The Hall–Kier alpha value is -0.370. The molecule has 1 rings (SSSR count). The summed E-state index contributed by atoms with van der Waals surface area (Å²) in [5.74, 6) is 1.80. The average molecular weight is 239 g/mol. The van der Waals surface area contributed by atoms with Crippen LogP contribution in [0.15, 0.2) is 0 Å². The Bertz CT molecular complexity index is 217. The number of unbranched alkanes of at least 4 members (excludes halogenated alkanes) is 1. The number of carbonyl (C=O) groups excluding carboxylic acids is 1. The van der Waals surface area contributed by atoms with Gasteiger partial charge >= 0.3 is 0 Å². The molecule has 0 atom stereocenters. The Morgan fingerprint density at radius 3 is 2.35 bits per heavy atom. The minimum Gasteiger partial charge on any atom is -0.309 e. The lowest BCUT2D eigenvalue weighted by Crippen LogP contribution is -2.25. The first kappa shape index (κ1) is 14.7. The molecule has 17 heavy (non-hydrogen) atoms.